The molecule has 0 saturated carbocycles. The van der Waals surface area contributed by atoms with Gasteiger partial charge in [0.1, 0.15) is 6.04 Å². The van der Waals surface area contributed by atoms with E-state index in [2.05, 4.69) is 21.3 Å². The molecule has 1 aliphatic rings. The molecule has 0 fully saturated rings. The fourth-order valence-corrected chi connectivity index (χ4v) is 5.23. The van der Waals surface area contributed by atoms with Gasteiger partial charge in [-0.25, -0.2) is 9.59 Å². The Hall–Kier alpha value is -3.79. The van der Waals surface area contributed by atoms with Crippen LogP contribution in [0.3, 0.4) is 0 Å². The number of rotatable bonds is 9. The van der Waals surface area contributed by atoms with Crippen LogP contribution in [-0.2, 0) is 22.4 Å². The lowest BCUT2D eigenvalue weighted by Gasteiger charge is -2.19. The standard InChI is InChI=1S/C28H25Cl3N4O5/c29-17-6-3-4-15(12-17)13-23(36)33-21-11-9-19(30)24(25(21)31)26(37)34-22(27(38)39)14-32-28(40)35-20-10-8-16-5-1-2-7-18(16)20/h1-7,9,11-12,20,22H,8,10,13-14H2,(H,33,36)(H,34,37)(H,38,39)(H2,32,35,40)/t20-,22+/m1/s1. The van der Waals surface area contributed by atoms with Crippen LogP contribution in [0, 0.1) is 0 Å². The van der Waals surface area contributed by atoms with Crippen molar-refractivity contribution in [2.45, 2.75) is 31.3 Å². The number of hydrogen-bond donors (Lipinski definition) is 5. The van der Waals surface area contributed by atoms with E-state index in [1.165, 1.54) is 12.1 Å². The molecule has 208 valence electrons. The van der Waals surface area contributed by atoms with Crippen LogP contribution in [-0.4, -0.2) is 41.5 Å². The summed E-state index contributed by atoms with van der Waals surface area (Å²) in [4.78, 5) is 49.9. The van der Waals surface area contributed by atoms with E-state index in [4.69, 9.17) is 34.8 Å². The van der Waals surface area contributed by atoms with Crippen LogP contribution < -0.4 is 21.3 Å². The zero-order valence-corrected chi connectivity index (χ0v) is 23.2. The van der Waals surface area contributed by atoms with Crippen molar-refractivity contribution in [3.63, 3.8) is 0 Å². The molecule has 0 heterocycles. The van der Waals surface area contributed by atoms with Gasteiger partial charge in [0.2, 0.25) is 5.91 Å². The number of carboxylic acids is 1. The highest BCUT2D eigenvalue weighted by molar-refractivity contribution is 6.41. The van der Waals surface area contributed by atoms with Gasteiger partial charge >= 0.3 is 12.0 Å². The van der Waals surface area contributed by atoms with Gasteiger partial charge in [-0.2, -0.15) is 0 Å². The summed E-state index contributed by atoms with van der Waals surface area (Å²) >= 11 is 18.6. The number of benzene rings is 3. The molecule has 3 aromatic carbocycles. The third-order valence-corrected chi connectivity index (χ3v) is 7.30. The Morgan fingerprint density at radius 2 is 1.75 bits per heavy atom. The molecule has 5 N–H and O–H groups in total. The van der Waals surface area contributed by atoms with Gasteiger partial charge in [0.05, 0.1) is 40.3 Å². The first-order valence-electron chi connectivity index (χ1n) is 12.3. The van der Waals surface area contributed by atoms with Crippen LogP contribution in [0.4, 0.5) is 10.5 Å². The average molecular weight is 604 g/mol. The molecular weight excluding hydrogens is 579 g/mol. The summed E-state index contributed by atoms with van der Waals surface area (Å²) < 4.78 is 0. The van der Waals surface area contributed by atoms with E-state index in [1.807, 2.05) is 24.3 Å². The number of aryl methyl sites for hydroxylation is 1. The summed E-state index contributed by atoms with van der Waals surface area (Å²) in [5.74, 6) is -2.68. The molecule has 0 aliphatic heterocycles. The zero-order valence-electron chi connectivity index (χ0n) is 21.0. The molecule has 0 spiro atoms. The maximum atomic E-state index is 13.0. The normalized spacial score (nSPS) is 14.5. The Morgan fingerprint density at radius 1 is 0.975 bits per heavy atom. The van der Waals surface area contributed by atoms with Gasteiger partial charge < -0.3 is 26.4 Å². The van der Waals surface area contributed by atoms with Gasteiger partial charge in [0.25, 0.3) is 5.91 Å². The van der Waals surface area contributed by atoms with E-state index in [0.717, 1.165) is 24.0 Å². The fourth-order valence-electron chi connectivity index (χ4n) is 4.43. The van der Waals surface area contributed by atoms with Gasteiger partial charge in [0.15, 0.2) is 0 Å². The molecule has 0 aromatic heterocycles. The first-order valence-corrected chi connectivity index (χ1v) is 13.4. The zero-order chi connectivity index (χ0) is 28.8. The maximum Gasteiger partial charge on any atom is 0.328 e. The summed E-state index contributed by atoms with van der Waals surface area (Å²) in [6.45, 7) is -0.396. The average Bonchev–Trinajstić information content (AvgIpc) is 3.30. The predicted molar refractivity (Wildman–Crippen MR) is 153 cm³/mol. The summed E-state index contributed by atoms with van der Waals surface area (Å²) in [5, 5.41) is 20.2. The molecule has 9 nitrogen and oxygen atoms in total. The van der Waals surface area contributed by atoms with Crippen LogP contribution in [0.2, 0.25) is 15.1 Å². The smallest absolute Gasteiger partial charge is 0.328 e. The Kier molecular flexibility index (Phi) is 9.52. The highest BCUT2D eigenvalue weighted by Crippen LogP contribution is 2.32. The first kappa shape index (κ1) is 29.2. The third kappa shape index (κ3) is 7.24. The number of anilines is 1. The number of fused-ring (bicyclic) bond motifs is 1. The van der Waals surface area contributed by atoms with E-state index >= 15 is 0 Å². The molecule has 4 rings (SSSR count). The van der Waals surface area contributed by atoms with Crippen LogP contribution >= 0.6 is 34.8 Å². The van der Waals surface area contributed by atoms with Crippen molar-refractivity contribution >= 4 is 64.3 Å². The van der Waals surface area contributed by atoms with Gasteiger partial charge in [-0.05, 0) is 53.8 Å². The molecule has 0 bridgehead atoms. The van der Waals surface area contributed by atoms with Crippen molar-refractivity contribution < 1.29 is 24.3 Å². The highest BCUT2D eigenvalue weighted by Gasteiger charge is 2.27. The lowest BCUT2D eigenvalue weighted by atomic mass is 10.1. The number of carbonyl (C=O) groups is 4. The van der Waals surface area contributed by atoms with Crippen LogP contribution in [0.15, 0.2) is 60.7 Å². The minimum atomic E-state index is -1.48. The molecule has 0 saturated heterocycles. The fraction of sp³-hybridized carbons (Fsp3) is 0.214. The van der Waals surface area contributed by atoms with Crippen LogP contribution in [0.1, 0.15) is 39.5 Å². The number of hydrogen-bond acceptors (Lipinski definition) is 4. The molecule has 4 amide bonds. The van der Waals surface area contributed by atoms with E-state index in [-0.39, 0.29) is 33.8 Å². The van der Waals surface area contributed by atoms with Crippen LogP contribution in [0.25, 0.3) is 0 Å². The lowest BCUT2D eigenvalue weighted by molar-refractivity contribution is -0.139. The van der Waals surface area contributed by atoms with Gasteiger partial charge in [-0.3, -0.25) is 9.59 Å². The SMILES string of the molecule is O=C(Cc1cccc(Cl)c1)Nc1ccc(Cl)c(C(=O)N[C@@H](CNC(=O)N[C@@H]2CCc3ccccc32)C(=O)O)c1Cl. The number of carboxylic acid groups (broad SMARTS) is 1. The van der Waals surface area contributed by atoms with Gasteiger partial charge in [-0.15, -0.1) is 0 Å². The van der Waals surface area contributed by atoms with E-state index in [0.29, 0.717) is 10.6 Å². The summed E-state index contributed by atoms with van der Waals surface area (Å²) in [7, 11) is 0. The Morgan fingerprint density at radius 3 is 2.50 bits per heavy atom. The first-order chi connectivity index (χ1) is 19.1. The number of carbonyl (C=O) groups excluding carboxylic acids is 3. The van der Waals surface area contributed by atoms with E-state index in [9.17, 15) is 24.3 Å². The molecule has 3 aromatic rings. The Bertz CT molecular complexity index is 1470. The van der Waals surface area contributed by atoms with Crippen molar-refractivity contribution in [2.24, 2.45) is 0 Å². The number of nitrogens with one attached hydrogen (secondary N) is 4. The second kappa shape index (κ2) is 13.0. The summed E-state index contributed by atoms with van der Waals surface area (Å²) in [6.07, 6.45) is 1.56. The monoisotopic (exact) mass is 602 g/mol. The molecule has 12 heteroatoms. The van der Waals surface area contributed by atoms with Crippen molar-refractivity contribution in [3.8, 4) is 0 Å². The third-order valence-electron chi connectivity index (χ3n) is 6.35. The quantitative estimate of drug-likeness (QED) is 0.235. The minimum Gasteiger partial charge on any atom is -0.480 e. The van der Waals surface area contributed by atoms with E-state index in [1.54, 1.807) is 24.3 Å². The molecular formula is C28H25Cl3N4O5. The van der Waals surface area contributed by atoms with Crippen molar-refractivity contribution in [1.29, 1.82) is 0 Å². The van der Waals surface area contributed by atoms with Crippen molar-refractivity contribution in [3.05, 3.63) is 98.0 Å². The number of amides is 4. The largest absolute Gasteiger partial charge is 0.480 e. The molecule has 0 radical (unpaired) electrons. The molecule has 0 unspecified atom stereocenters. The highest BCUT2D eigenvalue weighted by atomic mass is 35.5. The van der Waals surface area contributed by atoms with Crippen molar-refractivity contribution in [1.82, 2.24) is 16.0 Å². The number of urea groups is 1. The number of aliphatic carboxylic acids is 1. The van der Waals surface area contributed by atoms with Gasteiger partial charge in [0, 0.05) is 5.02 Å². The van der Waals surface area contributed by atoms with E-state index < -0.39 is 36.4 Å². The second-order valence-corrected chi connectivity index (χ2v) is 10.4. The van der Waals surface area contributed by atoms with Crippen molar-refractivity contribution in [2.75, 3.05) is 11.9 Å². The Labute approximate surface area is 245 Å². The lowest BCUT2D eigenvalue weighted by Crippen LogP contribution is -2.50. The van der Waals surface area contributed by atoms with Crippen LogP contribution in [0.5, 0.6) is 0 Å². The maximum absolute atomic E-state index is 13.0. The molecule has 2 atom stereocenters. The Balaban J connectivity index is 1.38. The van der Waals surface area contributed by atoms with Gasteiger partial charge in [-0.1, -0.05) is 71.2 Å². The molecule has 40 heavy (non-hydrogen) atoms. The summed E-state index contributed by atoms with van der Waals surface area (Å²) in [5.41, 5.74) is 2.74. The summed E-state index contributed by atoms with van der Waals surface area (Å²) in [6, 6.07) is 15.1. The number of halogens is 3. The predicted octanol–water partition coefficient (Wildman–Crippen LogP) is 5.00. The topological polar surface area (TPSA) is 137 Å². The minimum absolute atomic E-state index is 0.00229. The second-order valence-electron chi connectivity index (χ2n) is 9.15. The molecule has 1 aliphatic carbocycles.